The molecule has 3 rings (SSSR count). The summed E-state index contributed by atoms with van der Waals surface area (Å²) in [6, 6.07) is 5.72. The number of carbonyl (C=O) groups is 1. The molecule has 10 heteroatoms. The molecule has 0 spiro atoms. The van der Waals surface area contributed by atoms with Crippen LogP contribution in [0, 0.1) is 0 Å². The SMILES string of the molecule is COc1cc2cc(CNCCCNC(=O)C3CCCO3)nc(N)c2cc1OC.O.O. The maximum absolute atomic E-state index is 11.9. The summed E-state index contributed by atoms with van der Waals surface area (Å²) in [6.07, 6.45) is 2.33. The number of nitrogen functional groups attached to an aromatic ring is 1. The number of nitrogens with two attached hydrogens (primary N) is 1. The monoisotopic (exact) mass is 424 g/mol. The fraction of sp³-hybridized carbons (Fsp3) is 0.500. The molecule has 2 aromatic rings. The third kappa shape index (κ3) is 6.17. The summed E-state index contributed by atoms with van der Waals surface area (Å²) in [7, 11) is 3.20. The number of anilines is 1. The van der Waals surface area contributed by atoms with Crippen LogP contribution in [0.5, 0.6) is 11.5 Å². The minimum absolute atomic E-state index is 0. The normalized spacial score (nSPS) is 15.2. The van der Waals surface area contributed by atoms with Crippen molar-refractivity contribution in [3.63, 3.8) is 0 Å². The van der Waals surface area contributed by atoms with Gasteiger partial charge in [0.2, 0.25) is 5.91 Å². The van der Waals surface area contributed by atoms with Gasteiger partial charge in [-0.15, -0.1) is 0 Å². The molecule has 0 radical (unpaired) electrons. The second kappa shape index (κ2) is 12.1. The van der Waals surface area contributed by atoms with Gasteiger partial charge in [0.05, 0.1) is 19.9 Å². The number of hydrogen-bond acceptors (Lipinski definition) is 7. The number of benzene rings is 1. The maximum atomic E-state index is 11.9. The van der Waals surface area contributed by atoms with E-state index in [-0.39, 0.29) is 23.0 Å². The van der Waals surface area contributed by atoms with E-state index >= 15 is 0 Å². The molecule has 8 N–H and O–H groups in total. The van der Waals surface area contributed by atoms with Gasteiger partial charge in [-0.2, -0.15) is 0 Å². The molecule has 30 heavy (non-hydrogen) atoms. The molecule has 1 aromatic heterocycles. The summed E-state index contributed by atoms with van der Waals surface area (Å²) >= 11 is 0. The van der Waals surface area contributed by atoms with E-state index in [1.54, 1.807) is 14.2 Å². The molecule has 1 fully saturated rings. The summed E-state index contributed by atoms with van der Waals surface area (Å²) in [5, 5.41) is 8.03. The Balaban J connectivity index is 0.00000225. The molecular formula is C20H32N4O6. The summed E-state index contributed by atoms with van der Waals surface area (Å²) in [5.74, 6) is 1.73. The fourth-order valence-corrected chi connectivity index (χ4v) is 3.29. The lowest BCUT2D eigenvalue weighted by atomic mass is 10.1. The average Bonchev–Trinajstić information content (AvgIpc) is 3.24. The zero-order valence-electron chi connectivity index (χ0n) is 17.4. The van der Waals surface area contributed by atoms with Crippen LogP contribution in [-0.4, -0.2) is 61.9 Å². The first-order chi connectivity index (χ1) is 13.6. The molecule has 168 valence electrons. The molecule has 2 heterocycles. The molecule has 0 bridgehead atoms. The van der Waals surface area contributed by atoms with Gasteiger partial charge in [0.15, 0.2) is 11.5 Å². The fourth-order valence-electron chi connectivity index (χ4n) is 3.29. The minimum Gasteiger partial charge on any atom is -0.493 e. The maximum Gasteiger partial charge on any atom is 0.249 e. The first-order valence-electron chi connectivity index (χ1n) is 9.53. The second-order valence-corrected chi connectivity index (χ2v) is 6.75. The zero-order valence-corrected chi connectivity index (χ0v) is 17.4. The number of pyridine rings is 1. The second-order valence-electron chi connectivity index (χ2n) is 6.75. The van der Waals surface area contributed by atoms with E-state index in [0.717, 1.165) is 42.3 Å². The molecule has 1 aliphatic heterocycles. The van der Waals surface area contributed by atoms with E-state index in [2.05, 4.69) is 15.6 Å². The van der Waals surface area contributed by atoms with Gasteiger partial charge in [-0.1, -0.05) is 0 Å². The molecule has 1 unspecified atom stereocenters. The van der Waals surface area contributed by atoms with Gasteiger partial charge in [-0.05, 0) is 49.4 Å². The summed E-state index contributed by atoms with van der Waals surface area (Å²) in [4.78, 5) is 16.3. The predicted molar refractivity (Wildman–Crippen MR) is 115 cm³/mol. The van der Waals surface area contributed by atoms with Crippen molar-refractivity contribution in [3.05, 3.63) is 23.9 Å². The smallest absolute Gasteiger partial charge is 0.249 e. The molecule has 1 aliphatic rings. The molecule has 1 amide bonds. The van der Waals surface area contributed by atoms with Crippen molar-refractivity contribution >= 4 is 22.5 Å². The van der Waals surface area contributed by atoms with Crippen molar-refractivity contribution in [1.82, 2.24) is 15.6 Å². The van der Waals surface area contributed by atoms with Crippen LogP contribution in [0.1, 0.15) is 25.0 Å². The highest BCUT2D eigenvalue weighted by Gasteiger charge is 2.22. The van der Waals surface area contributed by atoms with Crippen LogP contribution in [0.4, 0.5) is 5.82 Å². The van der Waals surface area contributed by atoms with Crippen molar-refractivity contribution in [2.24, 2.45) is 0 Å². The van der Waals surface area contributed by atoms with Gasteiger partial charge in [0.1, 0.15) is 11.9 Å². The Morgan fingerprint density at radius 3 is 2.60 bits per heavy atom. The predicted octanol–water partition coefficient (Wildman–Crippen LogP) is -0.0403. The number of ether oxygens (including phenoxy) is 3. The number of hydrogen-bond donors (Lipinski definition) is 3. The number of nitrogens with one attached hydrogen (secondary N) is 2. The number of rotatable bonds is 9. The third-order valence-corrected chi connectivity index (χ3v) is 4.78. The van der Waals surface area contributed by atoms with Crippen molar-refractivity contribution < 1.29 is 30.0 Å². The Morgan fingerprint density at radius 1 is 1.20 bits per heavy atom. The van der Waals surface area contributed by atoms with Crippen molar-refractivity contribution in [2.45, 2.75) is 31.9 Å². The number of carbonyl (C=O) groups excluding carboxylic acids is 1. The molecule has 1 aromatic carbocycles. The number of aromatic nitrogens is 1. The van der Waals surface area contributed by atoms with Crippen molar-refractivity contribution in [3.8, 4) is 11.5 Å². The molecule has 10 nitrogen and oxygen atoms in total. The Labute approximate surface area is 175 Å². The van der Waals surface area contributed by atoms with Crippen LogP contribution in [0.3, 0.4) is 0 Å². The van der Waals surface area contributed by atoms with Crippen LogP contribution < -0.4 is 25.8 Å². The van der Waals surface area contributed by atoms with Crippen molar-refractivity contribution in [2.75, 3.05) is 39.6 Å². The van der Waals surface area contributed by atoms with E-state index in [1.165, 1.54) is 0 Å². The number of amides is 1. The van der Waals surface area contributed by atoms with Crippen LogP contribution in [0.25, 0.3) is 10.8 Å². The topological polar surface area (TPSA) is 171 Å². The lowest BCUT2D eigenvalue weighted by Crippen LogP contribution is -2.35. The lowest BCUT2D eigenvalue weighted by molar-refractivity contribution is -0.130. The number of nitrogens with zero attached hydrogens (tertiary/aromatic N) is 1. The molecule has 1 saturated heterocycles. The highest BCUT2D eigenvalue weighted by molar-refractivity contribution is 5.93. The van der Waals surface area contributed by atoms with E-state index in [4.69, 9.17) is 19.9 Å². The molecule has 0 aliphatic carbocycles. The largest absolute Gasteiger partial charge is 0.493 e. The van der Waals surface area contributed by atoms with Crippen molar-refractivity contribution in [1.29, 1.82) is 0 Å². The van der Waals surface area contributed by atoms with E-state index < -0.39 is 0 Å². The third-order valence-electron chi connectivity index (χ3n) is 4.78. The number of methoxy groups -OCH3 is 2. The zero-order chi connectivity index (χ0) is 19.9. The summed E-state index contributed by atoms with van der Waals surface area (Å²) in [5.41, 5.74) is 6.97. The molecule has 0 saturated carbocycles. The van der Waals surface area contributed by atoms with Gasteiger partial charge in [-0.3, -0.25) is 4.79 Å². The van der Waals surface area contributed by atoms with Gasteiger partial charge in [0, 0.05) is 25.1 Å². The summed E-state index contributed by atoms with van der Waals surface area (Å²) < 4.78 is 16.0. The van der Waals surface area contributed by atoms with E-state index in [9.17, 15) is 4.79 Å². The van der Waals surface area contributed by atoms with Crippen LogP contribution in [-0.2, 0) is 16.1 Å². The van der Waals surface area contributed by atoms with E-state index in [1.807, 2.05) is 18.2 Å². The van der Waals surface area contributed by atoms with Crippen LogP contribution in [0.2, 0.25) is 0 Å². The highest BCUT2D eigenvalue weighted by Crippen LogP contribution is 2.34. The van der Waals surface area contributed by atoms with E-state index in [0.29, 0.717) is 37.0 Å². The van der Waals surface area contributed by atoms with Gasteiger partial charge >= 0.3 is 0 Å². The standard InChI is InChI=1S/C20H28N4O4.2H2O/c1-26-17-10-13-9-14(24-19(21)15(13)11-18(17)27-2)12-22-6-4-7-23-20(25)16-5-3-8-28-16;;/h9-11,16,22H,3-8,12H2,1-2H3,(H2,21,24)(H,23,25);2*1H2. The highest BCUT2D eigenvalue weighted by atomic mass is 16.5. The van der Waals surface area contributed by atoms with Gasteiger partial charge < -0.3 is 41.5 Å². The van der Waals surface area contributed by atoms with Gasteiger partial charge in [0.25, 0.3) is 0 Å². The first kappa shape index (κ1) is 25.4. The van der Waals surface area contributed by atoms with Crippen LogP contribution in [0.15, 0.2) is 18.2 Å². The summed E-state index contributed by atoms with van der Waals surface area (Å²) in [6.45, 7) is 2.65. The molecule has 1 atom stereocenters. The Hall–Kier alpha value is -2.66. The quantitative estimate of drug-likeness (QED) is 0.474. The lowest BCUT2D eigenvalue weighted by Gasteiger charge is -2.12. The first-order valence-corrected chi connectivity index (χ1v) is 9.53. The Bertz CT molecular complexity index is 827. The van der Waals surface area contributed by atoms with Gasteiger partial charge in [-0.25, -0.2) is 4.98 Å². The van der Waals surface area contributed by atoms with Crippen LogP contribution >= 0.6 is 0 Å². The average molecular weight is 424 g/mol. The number of fused-ring (bicyclic) bond motifs is 1. The minimum atomic E-state index is -0.270. The molecular weight excluding hydrogens is 392 g/mol. The Kier molecular flexibility index (Phi) is 10.3. The Morgan fingerprint density at radius 2 is 1.93 bits per heavy atom.